The Labute approximate surface area is 646 Å². The van der Waals surface area contributed by atoms with Crippen LogP contribution >= 0.6 is 32.3 Å². The van der Waals surface area contributed by atoms with Gasteiger partial charge in [-0.15, -0.1) is 0 Å². The number of rotatable bonds is 31. The van der Waals surface area contributed by atoms with Crippen LogP contribution in [-0.2, 0) is 12.8 Å². The van der Waals surface area contributed by atoms with Gasteiger partial charge in [-0.2, -0.15) is 0 Å². The van der Waals surface area contributed by atoms with Gasteiger partial charge in [0.1, 0.15) is 0 Å². The molecule has 542 valence electrons. The highest BCUT2D eigenvalue weighted by Crippen LogP contribution is 2.76. The summed E-state index contributed by atoms with van der Waals surface area (Å²) in [4.78, 5) is 0. The van der Waals surface area contributed by atoms with E-state index in [4.69, 9.17) is 0 Å². The van der Waals surface area contributed by atoms with Crippen LogP contribution in [0.5, 0.6) is 0 Å². The van der Waals surface area contributed by atoms with Crippen LogP contribution in [0.3, 0.4) is 0 Å². The first-order chi connectivity index (χ1) is 53.0. The molecule has 0 radical (unpaired) electrons. The van der Waals surface area contributed by atoms with E-state index >= 15 is 0 Å². The van der Waals surface area contributed by atoms with E-state index in [1.807, 2.05) is 0 Å². The smallest absolute Gasteiger partial charge is 0.0318 e. The molecule has 3 fully saturated rings. The van der Waals surface area contributed by atoms with Gasteiger partial charge in [0.25, 0.3) is 0 Å². The summed E-state index contributed by atoms with van der Waals surface area (Å²) >= 11 is 0. The van der Waals surface area contributed by atoms with Crippen molar-refractivity contribution in [1.82, 2.24) is 13.8 Å². The quantitative estimate of drug-likeness (QED) is 0.0401. The molecule has 1 heterocycles. The third kappa shape index (κ3) is 17.6. The Bertz CT molecular complexity index is 4210. The summed E-state index contributed by atoms with van der Waals surface area (Å²) < 4.78 is 9.12. The summed E-state index contributed by atoms with van der Waals surface area (Å²) in [5.74, 6) is 1.84. The molecular weight excluding hydrogens is 1370 g/mol. The third-order valence-corrected chi connectivity index (χ3v) is 34.9. The Kier molecular flexibility index (Phi) is 25.9. The zero-order valence-corrected chi connectivity index (χ0v) is 66.7. The minimum Gasteiger partial charge on any atom is -0.271 e. The van der Waals surface area contributed by atoms with E-state index in [1.54, 1.807) is 0 Å². The predicted molar refractivity (Wildman–Crippen MR) is 465 cm³/mol. The van der Waals surface area contributed by atoms with E-state index in [-0.39, 0.29) is 0 Å². The van der Waals surface area contributed by atoms with Crippen molar-refractivity contribution in [1.29, 1.82) is 0 Å². The summed E-state index contributed by atoms with van der Waals surface area (Å²) in [6.07, 6.45) is 16.0. The van der Waals surface area contributed by atoms with Crippen LogP contribution in [0.25, 0.3) is 0 Å². The lowest BCUT2D eigenvalue weighted by Crippen LogP contribution is -2.42. The molecule has 12 aromatic carbocycles. The number of hydrogen-bond donors (Lipinski definition) is 0. The number of nitrogens with zero attached hydrogens (tertiary/aromatic N) is 3. The number of unbranched alkanes of at least 4 members (excludes halogenated alkanes) is 3. The van der Waals surface area contributed by atoms with Crippen molar-refractivity contribution in [3.8, 4) is 0 Å². The van der Waals surface area contributed by atoms with Crippen molar-refractivity contribution in [3.63, 3.8) is 0 Å². The van der Waals surface area contributed by atoms with Crippen LogP contribution in [0.15, 0.2) is 340 Å². The average Bonchev–Trinajstić information content (AvgIpc) is 1.53. The van der Waals surface area contributed by atoms with Gasteiger partial charge in [-0.3, -0.25) is 13.8 Å². The Hall–Kier alpha value is -7.76. The molecule has 107 heavy (non-hydrogen) atoms. The molecule has 7 heteroatoms. The maximum Gasteiger partial charge on any atom is 0.0318 e. The zero-order chi connectivity index (χ0) is 72.5. The van der Waals surface area contributed by atoms with Crippen LogP contribution < -0.4 is 31.8 Å². The van der Waals surface area contributed by atoms with Crippen LogP contribution in [-0.4, -0.2) is 45.5 Å². The molecule has 0 amide bonds. The van der Waals surface area contributed by atoms with Crippen molar-refractivity contribution in [2.24, 2.45) is 0 Å². The van der Waals surface area contributed by atoms with E-state index in [0.717, 1.165) is 38.9 Å². The van der Waals surface area contributed by atoms with Gasteiger partial charge >= 0.3 is 0 Å². The second-order valence-corrected chi connectivity index (χ2v) is 39.4. The normalized spacial score (nSPS) is 19.6. The Balaban J connectivity index is 0.711. The molecule has 9 atom stereocenters. The molecule has 12 aromatic rings. The Morgan fingerprint density at radius 3 is 0.776 bits per heavy atom. The van der Waals surface area contributed by atoms with Gasteiger partial charge < -0.3 is 0 Å². The molecule has 2 saturated carbocycles. The van der Waals surface area contributed by atoms with Gasteiger partial charge in [-0.25, -0.2) is 0 Å². The van der Waals surface area contributed by atoms with Gasteiger partial charge in [0.05, 0.1) is 0 Å². The fraction of sp³-hybridized carbons (Fsp3) is 0.280. The molecule has 1 saturated heterocycles. The number of hydrogen-bond acceptors (Lipinski definition) is 3. The van der Waals surface area contributed by atoms with Crippen LogP contribution in [0.1, 0.15) is 188 Å². The van der Waals surface area contributed by atoms with E-state index in [0.29, 0.717) is 47.1 Å². The lowest BCUT2D eigenvalue weighted by Gasteiger charge is -2.42. The molecule has 2 aliphatic carbocycles. The average molecular weight is 1470 g/mol. The molecule has 3 unspecified atom stereocenters. The zero-order valence-electron chi connectivity index (χ0n) is 63.1. The van der Waals surface area contributed by atoms with Crippen molar-refractivity contribution in [2.75, 3.05) is 19.6 Å². The summed E-state index contributed by atoms with van der Waals surface area (Å²) in [7, 11) is -3.16. The minimum atomic E-state index is -0.829. The van der Waals surface area contributed by atoms with Gasteiger partial charge in [0.15, 0.2) is 0 Å². The Morgan fingerprint density at radius 1 is 0.252 bits per heavy atom. The fourth-order valence-corrected chi connectivity index (χ4v) is 31.0. The highest BCUT2D eigenvalue weighted by atomic mass is 31.2. The largest absolute Gasteiger partial charge is 0.271 e. The summed E-state index contributed by atoms with van der Waals surface area (Å²) in [5, 5.41) is 8.68. The van der Waals surface area contributed by atoms with Crippen LogP contribution in [0.4, 0.5) is 0 Å². The van der Waals surface area contributed by atoms with Gasteiger partial charge in [-0.1, -0.05) is 380 Å². The van der Waals surface area contributed by atoms with Crippen LogP contribution in [0.2, 0.25) is 0 Å². The van der Waals surface area contributed by atoms with Crippen molar-refractivity contribution in [2.45, 2.75) is 158 Å². The van der Waals surface area contributed by atoms with Gasteiger partial charge in [0, 0.05) is 90.9 Å². The monoisotopic (exact) mass is 1470 g/mol. The molecule has 1 aliphatic heterocycles. The molecule has 0 aromatic heterocycles. The topological polar surface area (TPSA) is 9.72 Å². The maximum absolute atomic E-state index is 3.10. The van der Waals surface area contributed by atoms with Crippen molar-refractivity contribution < 1.29 is 0 Å². The van der Waals surface area contributed by atoms with E-state index in [1.165, 1.54) is 158 Å². The first-order valence-electron chi connectivity index (χ1n) is 40.2. The molecular formula is C100H107N3P4. The highest BCUT2D eigenvalue weighted by Gasteiger charge is 2.47. The van der Waals surface area contributed by atoms with Crippen LogP contribution in [0, 0.1) is 0 Å². The molecule has 0 spiro atoms. The summed E-state index contributed by atoms with van der Waals surface area (Å²) in [6.45, 7) is 10.4. The molecule has 0 N–H and O–H groups in total. The SMILES string of the molecule is CCCCN(C1[C@@H](c2ccccc2)CC[C@@H]1c1ccccc1)P(c1ccccc1)c1ccc(Cc2ccc([C@@H]3CC[C@@H](c4ccc(Cc5ccc(P(c6ccccc6)N(CCCC)C6[C@H](c7ccccc7)CC[C@H]6c6ccccc6)cc5)cc4)P3N(CCCC)P(c3ccccc3)c3ccccc3)cc2)cc1. The third-order valence-electron chi connectivity index (χ3n) is 23.3. The van der Waals surface area contributed by atoms with E-state index < -0.39 is 32.3 Å². The van der Waals surface area contributed by atoms with Gasteiger partial charge in [-0.05, 0) is 166 Å². The number of benzene rings is 12. The second kappa shape index (κ2) is 37.1. The lowest BCUT2D eigenvalue weighted by atomic mass is 9.87. The Morgan fingerprint density at radius 2 is 0.495 bits per heavy atom. The van der Waals surface area contributed by atoms with Crippen molar-refractivity contribution in [3.05, 3.63) is 395 Å². The second-order valence-electron chi connectivity index (χ2n) is 30.1. The van der Waals surface area contributed by atoms with E-state index in [9.17, 15) is 0 Å². The molecule has 15 rings (SSSR count). The molecule has 3 nitrogen and oxygen atoms in total. The maximum atomic E-state index is 3.10. The molecule has 3 aliphatic rings. The molecule has 0 bridgehead atoms. The summed E-state index contributed by atoms with van der Waals surface area (Å²) in [6, 6.07) is 133. The minimum absolute atomic E-state index is 0.384. The van der Waals surface area contributed by atoms with Gasteiger partial charge in [0.2, 0.25) is 0 Å². The predicted octanol–water partition coefficient (Wildman–Crippen LogP) is 24.4. The van der Waals surface area contributed by atoms with Crippen molar-refractivity contribution >= 4 is 64.1 Å². The highest BCUT2D eigenvalue weighted by molar-refractivity contribution is 7.79. The first kappa shape index (κ1) is 74.7. The fourth-order valence-electron chi connectivity index (χ4n) is 18.1. The summed E-state index contributed by atoms with van der Waals surface area (Å²) in [5.41, 5.74) is 15.3. The standard InChI is InChI=1S/C100H107N3P4/c1-4-7-72-101(99-93(81-34-18-10-19-35-81)66-67-94(99)82-36-20-11-21-37-82)104(87-42-26-14-27-43-87)91-62-54-79(55-63-91)75-77-50-58-85(59-51-77)97-70-71-98(107(97)103(74-9-6-3)106(89-46-30-16-31-47-89)90-48-32-17-33-49-90)86-60-52-78(53-61-86)76-80-56-64-92(65-57-80)105(88-44-28-15-29-45-88)102(73-8-5-2)100-95(83-38-22-12-23-39-83)68-69-96(100)84-40-24-13-25-41-84/h10-65,93-100H,4-9,66-76H2,1-3H3/t93-,94-,95+,96+,97-,98-,104?,105?,107?/m0/s1. The lowest BCUT2D eigenvalue weighted by molar-refractivity contribution is 0.296. The van der Waals surface area contributed by atoms with E-state index in [2.05, 4.69) is 374 Å². The first-order valence-corrected chi connectivity index (χ1v) is 45.6.